The maximum absolute atomic E-state index is 3.96. The number of nitrogens with one attached hydrogen (secondary N) is 1. The van der Waals surface area contributed by atoms with Crippen LogP contribution >= 0.6 is 0 Å². The Bertz CT molecular complexity index is 1070. The van der Waals surface area contributed by atoms with Crippen LogP contribution in [0.4, 0.5) is 5.69 Å². The van der Waals surface area contributed by atoms with Crippen LogP contribution in [-0.2, 0) is 0 Å². The van der Waals surface area contributed by atoms with Crippen molar-refractivity contribution in [1.82, 2.24) is 5.32 Å². The van der Waals surface area contributed by atoms with Gasteiger partial charge in [-0.1, -0.05) is 116 Å². The van der Waals surface area contributed by atoms with E-state index in [-0.39, 0.29) is 0 Å². The summed E-state index contributed by atoms with van der Waals surface area (Å²) >= 11 is 0. The highest BCUT2D eigenvalue weighted by atomic mass is 15.1. The van der Waals surface area contributed by atoms with Crippen LogP contribution in [-0.4, -0.2) is 19.1 Å². The smallest absolute Gasteiger partial charge is 0.0493 e. The third-order valence-electron chi connectivity index (χ3n) is 5.24. The van der Waals surface area contributed by atoms with Gasteiger partial charge in [-0.2, -0.15) is 0 Å². The number of benzene rings is 2. The van der Waals surface area contributed by atoms with Gasteiger partial charge in [0.2, 0.25) is 0 Å². The Kier molecular flexibility index (Phi) is 12.6. The summed E-state index contributed by atoms with van der Waals surface area (Å²) in [5.74, 6) is 0. The lowest BCUT2D eigenvalue weighted by atomic mass is 10.1. The molecule has 0 fully saturated rings. The van der Waals surface area contributed by atoms with Crippen molar-refractivity contribution < 1.29 is 0 Å². The molecule has 1 N–H and O–H groups in total. The molecule has 2 nitrogen and oxygen atoms in total. The average molecular weight is 451 g/mol. The summed E-state index contributed by atoms with van der Waals surface area (Å²) in [6.07, 6.45) is 27.6. The maximum atomic E-state index is 3.96. The van der Waals surface area contributed by atoms with Crippen molar-refractivity contribution in [1.29, 1.82) is 0 Å². The molecule has 0 saturated heterocycles. The number of anilines is 1. The Morgan fingerprint density at radius 2 is 1.71 bits per heavy atom. The van der Waals surface area contributed by atoms with E-state index in [9.17, 15) is 0 Å². The van der Waals surface area contributed by atoms with Gasteiger partial charge in [-0.15, -0.1) is 0 Å². The Morgan fingerprint density at radius 3 is 2.50 bits per heavy atom. The van der Waals surface area contributed by atoms with Crippen LogP contribution in [0.25, 0.3) is 10.8 Å². The largest absolute Gasteiger partial charge is 0.337 e. The van der Waals surface area contributed by atoms with E-state index in [2.05, 4.69) is 121 Å². The van der Waals surface area contributed by atoms with E-state index in [1.165, 1.54) is 16.5 Å². The fourth-order valence-corrected chi connectivity index (χ4v) is 3.53. The number of rotatable bonds is 14. The number of hydrogen-bond acceptors (Lipinski definition) is 2. The molecule has 0 aliphatic heterocycles. The predicted molar refractivity (Wildman–Crippen MR) is 153 cm³/mol. The first-order valence-corrected chi connectivity index (χ1v) is 11.9. The normalized spacial score (nSPS) is 13.8. The SMILES string of the molecule is C=C/C=C\C=C/CN(C(/C=C\CNC(C)C/C=C\C=C/C)=C/C=C)c1cccc2ccccc12. The first kappa shape index (κ1) is 26.6. The van der Waals surface area contributed by atoms with E-state index in [0.717, 1.165) is 25.2 Å². The summed E-state index contributed by atoms with van der Waals surface area (Å²) in [5, 5.41) is 6.02. The molecule has 0 aliphatic carbocycles. The van der Waals surface area contributed by atoms with Crippen LogP contribution in [0.3, 0.4) is 0 Å². The van der Waals surface area contributed by atoms with Crippen molar-refractivity contribution in [3.05, 3.63) is 140 Å². The Hall–Kier alpha value is -3.62. The number of nitrogens with zero attached hydrogens (tertiary/aromatic N) is 1. The Balaban J connectivity index is 2.24. The van der Waals surface area contributed by atoms with E-state index in [4.69, 9.17) is 0 Å². The minimum absolute atomic E-state index is 0.409. The molecule has 0 saturated carbocycles. The number of hydrogen-bond donors (Lipinski definition) is 1. The van der Waals surface area contributed by atoms with Gasteiger partial charge in [-0.05, 0) is 43.9 Å². The van der Waals surface area contributed by atoms with E-state index in [1.807, 2.05) is 31.2 Å². The van der Waals surface area contributed by atoms with Gasteiger partial charge in [0.25, 0.3) is 0 Å². The van der Waals surface area contributed by atoms with Crippen molar-refractivity contribution in [3.63, 3.8) is 0 Å². The van der Waals surface area contributed by atoms with Crippen LogP contribution in [0.5, 0.6) is 0 Å². The zero-order valence-electron chi connectivity index (χ0n) is 20.6. The lowest BCUT2D eigenvalue weighted by molar-refractivity contribution is 0.590. The van der Waals surface area contributed by atoms with Gasteiger partial charge in [0.15, 0.2) is 0 Å². The summed E-state index contributed by atoms with van der Waals surface area (Å²) in [7, 11) is 0. The molecule has 2 heteroatoms. The molecule has 1 unspecified atom stereocenters. The predicted octanol–water partition coefficient (Wildman–Crippen LogP) is 8.07. The second-order valence-electron chi connectivity index (χ2n) is 7.89. The molecule has 34 heavy (non-hydrogen) atoms. The highest BCUT2D eigenvalue weighted by Gasteiger charge is 2.11. The van der Waals surface area contributed by atoms with Crippen LogP contribution in [0, 0.1) is 0 Å². The highest BCUT2D eigenvalue weighted by molar-refractivity contribution is 5.95. The molecule has 0 spiro atoms. The fourth-order valence-electron chi connectivity index (χ4n) is 3.53. The van der Waals surface area contributed by atoms with Gasteiger partial charge < -0.3 is 10.2 Å². The molecule has 0 aromatic heterocycles. The summed E-state index contributed by atoms with van der Waals surface area (Å²) in [6, 6.07) is 15.4. The summed E-state index contributed by atoms with van der Waals surface area (Å²) in [5.41, 5.74) is 2.26. The lowest BCUT2D eigenvalue weighted by Crippen LogP contribution is -2.26. The molecule has 0 bridgehead atoms. The van der Waals surface area contributed by atoms with Crippen molar-refractivity contribution in [2.75, 3.05) is 18.0 Å². The number of allylic oxidation sites excluding steroid dienone is 10. The van der Waals surface area contributed by atoms with Crippen molar-refractivity contribution in [3.8, 4) is 0 Å². The van der Waals surface area contributed by atoms with Gasteiger partial charge in [0.1, 0.15) is 0 Å². The van der Waals surface area contributed by atoms with Crippen LogP contribution in [0.1, 0.15) is 20.3 Å². The monoisotopic (exact) mass is 450 g/mol. The molecule has 2 rings (SSSR count). The Morgan fingerprint density at radius 1 is 0.912 bits per heavy atom. The first-order chi connectivity index (χ1) is 16.7. The fraction of sp³-hybridized carbons (Fsp3) is 0.188. The van der Waals surface area contributed by atoms with Crippen molar-refractivity contribution >= 4 is 16.5 Å². The van der Waals surface area contributed by atoms with Gasteiger partial charge >= 0.3 is 0 Å². The average Bonchev–Trinajstić information content (AvgIpc) is 2.86. The minimum atomic E-state index is 0.409. The van der Waals surface area contributed by atoms with Gasteiger partial charge in [0, 0.05) is 35.9 Å². The van der Waals surface area contributed by atoms with Gasteiger partial charge in [-0.3, -0.25) is 0 Å². The zero-order valence-corrected chi connectivity index (χ0v) is 20.6. The molecular formula is C32H38N2. The number of fused-ring (bicyclic) bond motifs is 1. The molecule has 0 heterocycles. The molecule has 2 aromatic carbocycles. The summed E-state index contributed by atoms with van der Waals surface area (Å²) < 4.78 is 0. The molecule has 176 valence electrons. The minimum Gasteiger partial charge on any atom is -0.337 e. The zero-order chi connectivity index (χ0) is 24.4. The molecule has 0 amide bonds. The van der Waals surface area contributed by atoms with Gasteiger partial charge in [0.05, 0.1) is 0 Å². The third kappa shape index (κ3) is 9.09. The highest BCUT2D eigenvalue weighted by Crippen LogP contribution is 2.29. The molecular weight excluding hydrogens is 412 g/mol. The standard InChI is InChI=1S/C32H38N2/c1-5-8-10-12-16-27-34(32-25-17-22-29-21-14-15-24-31(29)32)30(19-7-3)23-18-26-33-28(4)20-13-11-9-6-2/h5-19,21-25,28,33H,1,3,20,26-27H2,2,4H3/b9-6-,10-8-,13-11-,16-12-,23-18-,30-19+. The van der Waals surface area contributed by atoms with Crippen molar-refractivity contribution in [2.24, 2.45) is 0 Å². The van der Waals surface area contributed by atoms with E-state index >= 15 is 0 Å². The van der Waals surface area contributed by atoms with E-state index in [0.29, 0.717) is 6.04 Å². The first-order valence-electron chi connectivity index (χ1n) is 11.9. The van der Waals surface area contributed by atoms with Crippen molar-refractivity contribution in [2.45, 2.75) is 26.3 Å². The lowest BCUT2D eigenvalue weighted by Gasteiger charge is -2.26. The van der Waals surface area contributed by atoms with Gasteiger partial charge in [-0.25, -0.2) is 0 Å². The topological polar surface area (TPSA) is 15.3 Å². The molecule has 2 aromatic rings. The second-order valence-corrected chi connectivity index (χ2v) is 7.89. The van der Waals surface area contributed by atoms with Crippen LogP contribution in [0.2, 0.25) is 0 Å². The van der Waals surface area contributed by atoms with E-state index in [1.54, 1.807) is 6.08 Å². The van der Waals surface area contributed by atoms with E-state index < -0.39 is 0 Å². The molecule has 0 radical (unpaired) electrons. The third-order valence-corrected chi connectivity index (χ3v) is 5.24. The maximum Gasteiger partial charge on any atom is 0.0493 e. The molecule has 1 atom stereocenters. The summed E-state index contributed by atoms with van der Waals surface area (Å²) in [4.78, 5) is 2.32. The Labute approximate surface area is 206 Å². The summed E-state index contributed by atoms with van der Waals surface area (Å²) in [6.45, 7) is 13.5. The quantitative estimate of drug-likeness (QED) is 0.293. The van der Waals surface area contributed by atoms with Crippen LogP contribution < -0.4 is 10.2 Å². The van der Waals surface area contributed by atoms with Crippen LogP contribution in [0.15, 0.2) is 140 Å². The second kappa shape index (κ2) is 16.1. The molecule has 0 aliphatic rings.